The number of phenols is 1. The molecule has 2 aromatic carbocycles. The molecule has 1 heterocycles. The maximum atomic E-state index is 10.2. The molecule has 3 N–H and O–H groups in total. The topological polar surface area (TPSA) is 69.9 Å². The molecule has 0 bridgehead atoms. The number of benzene rings is 2. The average molecular weight is 376 g/mol. The minimum absolute atomic E-state index is 0.138. The monoisotopic (exact) mass is 376 g/mol. The van der Waals surface area contributed by atoms with Crippen LogP contribution in [-0.2, 0) is 4.65 Å². The fourth-order valence-electron chi connectivity index (χ4n) is 3.40. The number of hydrogen-bond donors (Lipinski definition) is 3. The summed E-state index contributed by atoms with van der Waals surface area (Å²) in [6.45, 7) is 3.77. The summed E-state index contributed by atoms with van der Waals surface area (Å²) in [5, 5.41) is 29.5. The highest BCUT2D eigenvalue weighted by molar-refractivity contribution is 6.43. The lowest BCUT2D eigenvalue weighted by Gasteiger charge is -2.28. The Balaban J connectivity index is 1.86. The van der Waals surface area contributed by atoms with Gasteiger partial charge in [0.2, 0.25) is 0 Å². The summed E-state index contributed by atoms with van der Waals surface area (Å²) in [4.78, 5) is 0. The Kier molecular flexibility index (Phi) is 6.88. The van der Waals surface area contributed by atoms with E-state index < -0.39 is 7.12 Å². The van der Waals surface area contributed by atoms with E-state index in [2.05, 4.69) is 6.58 Å². The Labute approximate surface area is 166 Å². The molecule has 0 fully saturated rings. The number of aromatic hydroxyl groups is 1. The number of aliphatic hydroxyl groups is 1. The average Bonchev–Trinajstić information content (AvgIpc) is 2.72. The molecular weight excluding hydrogens is 351 g/mol. The van der Waals surface area contributed by atoms with Gasteiger partial charge < -0.3 is 19.9 Å². The third kappa shape index (κ3) is 5.01. The molecule has 3 rings (SSSR count). The van der Waals surface area contributed by atoms with Gasteiger partial charge in [-0.15, -0.1) is 0 Å². The molecule has 4 nitrogen and oxygen atoms in total. The molecule has 2 aromatic rings. The van der Waals surface area contributed by atoms with Crippen molar-refractivity contribution in [2.24, 2.45) is 0 Å². The van der Waals surface area contributed by atoms with Crippen molar-refractivity contribution < 1.29 is 19.9 Å². The van der Waals surface area contributed by atoms with Crippen molar-refractivity contribution in [3.8, 4) is 5.75 Å². The first kappa shape index (κ1) is 20.1. The molecule has 0 radical (unpaired) electrons. The smallest absolute Gasteiger partial charge is 0.458 e. The van der Waals surface area contributed by atoms with Crippen molar-refractivity contribution in [2.45, 2.75) is 25.3 Å². The van der Waals surface area contributed by atoms with Crippen LogP contribution < -0.4 is 0 Å². The third-order valence-electron chi connectivity index (χ3n) is 4.89. The van der Waals surface area contributed by atoms with E-state index >= 15 is 0 Å². The van der Waals surface area contributed by atoms with E-state index in [0.717, 1.165) is 22.3 Å². The molecule has 144 valence electrons. The number of phenolic OH excluding ortho intramolecular Hbond substituents is 1. The maximum Gasteiger partial charge on any atom is 0.458 e. The Hall–Kier alpha value is -2.60. The van der Waals surface area contributed by atoms with Gasteiger partial charge in [-0.2, -0.15) is 0 Å². The minimum atomic E-state index is -0.845. The van der Waals surface area contributed by atoms with Crippen LogP contribution in [0.25, 0.3) is 11.6 Å². The van der Waals surface area contributed by atoms with Crippen molar-refractivity contribution >= 4 is 18.8 Å². The van der Waals surface area contributed by atoms with Gasteiger partial charge in [-0.1, -0.05) is 61.2 Å². The van der Waals surface area contributed by atoms with Crippen molar-refractivity contribution in [1.82, 2.24) is 0 Å². The summed E-state index contributed by atoms with van der Waals surface area (Å²) in [6, 6.07) is 17.2. The van der Waals surface area contributed by atoms with Crippen LogP contribution >= 0.6 is 0 Å². The standard InChI is InChI=1S/C23H25BO4/c1-17(16-25)21-13-14-24(27)28-23(21)12-11-19(18-7-3-2-4-8-18)15-20-9-5-6-10-22(20)26/h2-10,13,15,23,25-27H,1,11-12,14,16H2/b19-15-. The Morgan fingerprint density at radius 1 is 1.14 bits per heavy atom. The summed E-state index contributed by atoms with van der Waals surface area (Å²) in [5.74, 6) is 0.231. The van der Waals surface area contributed by atoms with Gasteiger partial charge in [0.25, 0.3) is 0 Å². The van der Waals surface area contributed by atoms with Crippen LogP contribution in [0.4, 0.5) is 0 Å². The first-order valence-corrected chi connectivity index (χ1v) is 9.45. The highest BCUT2D eigenvalue weighted by atomic mass is 16.5. The van der Waals surface area contributed by atoms with Crippen LogP contribution in [0.15, 0.2) is 78.4 Å². The molecule has 0 aliphatic carbocycles. The summed E-state index contributed by atoms with van der Waals surface area (Å²) in [6.07, 6.45) is 5.23. The molecule has 1 atom stereocenters. The molecule has 0 amide bonds. The van der Waals surface area contributed by atoms with E-state index in [1.165, 1.54) is 0 Å². The van der Waals surface area contributed by atoms with Crippen molar-refractivity contribution in [3.05, 3.63) is 89.5 Å². The zero-order chi connectivity index (χ0) is 19.9. The van der Waals surface area contributed by atoms with Gasteiger partial charge in [0.05, 0.1) is 12.7 Å². The number of allylic oxidation sites excluding steroid dienone is 2. The van der Waals surface area contributed by atoms with Crippen LogP contribution in [-0.4, -0.2) is 35.1 Å². The minimum Gasteiger partial charge on any atom is -0.507 e. The van der Waals surface area contributed by atoms with Gasteiger partial charge in [-0.05, 0) is 47.3 Å². The van der Waals surface area contributed by atoms with E-state index in [4.69, 9.17) is 4.65 Å². The molecule has 0 aromatic heterocycles. The molecule has 1 unspecified atom stereocenters. The van der Waals surface area contributed by atoms with Gasteiger partial charge in [0.1, 0.15) is 5.75 Å². The predicted molar refractivity (Wildman–Crippen MR) is 114 cm³/mol. The van der Waals surface area contributed by atoms with Gasteiger partial charge in [0, 0.05) is 11.9 Å². The molecule has 0 spiro atoms. The summed E-state index contributed by atoms with van der Waals surface area (Å²) in [5.41, 5.74) is 4.33. The molecule has 1 aliphatic heterocycles. The number of hydrogen-bond acceptors (Lipinski definition) is 4. The third-order valence-corrected chi connectivity index (χ3v) is 4.89. The van der Waals surface area contributed by atoms with Crippen molar-refractivity contribution in [1.29, 1.82) is 0 Å². The highest BCUT2D eigenvalue weighted by Crippen LogP contribution is 2.31. The normalized spacial score (nSPS) is 17.4. The summed E-state index contributed by atoms with van der Waals surface area (Å²) < 4.78 is 5.72. The molecule has 28 heavy (non-hydrogen) atoms. The van der Waals surface area contributed by atoms with E-state index in [0.29, 0.717) is 24.7 Å². The molecule has 0 saturated heterocycles. The fourth-order valence-corrected chi connectivity index (χ4v) is 3.40. The van der Waals surface area contributed by atoms with E-state index in [-0.39, 0.29) is 18.5 Å². The quantitative estimate of drug-likeness (QED) is 0.503. The molecule has 1 aliphatic rings. The first-order chi connectivity index (χ1) is 13.6. The maximum absolute atomic E-state index is 10.2. The lowest BCUT2D eigenvalue weighted by molar-refractivity contribution is 0.182. The fraction of sp³-hybridized carbons (Fsp3) is 0.217. The van der Waals surface area contributed by atoms with Crippen LogP contribution in [0.3, 0.4) is 0 Å². The van der Waals surface area contributed by atoms with Crippen LogP contribution in [0.1, 0.15) is 24.0 Å². The van der Waals surface area contributed by atoms with E-state index in [9.17, 15) is 15.2 Å². The second-order valence-electron chi connectivity index (χ2n) is 6.87. The molecule has 0 saturated carbocycles. The van der Waals surface area contributed by atoms with E-state index in [1.807, 2.05) is 54.6 Å². The zero-order valence-corrected chi connectivity index (χ0v) is 15.8. The number of para-hydroxylation sites is 1. The van der Waals surface area contributed by atoms with Gasteiger partial charge in [-0.3, -0.25) is 0 Å². The summed E-state index contributed by atoms with van der Waals surface area (Å²) >= 11 is 0. The van der Waals surface area contributed by atoms with Gasteiger partial charge in [-0.25, -0.2) is 0 Å². The first-order valence-electron chi connectivity index (χ1n) is 9.45. The Bertz CT molecular complexity index is 873. The predicted octanol–water partition coefficient (Wildman–Crippen LogP) is 4.07. The second kappa shape index (κ2) is 9.56. The molecule has 5 heteroatoms. The molecular formula is C23H25BO4. The van der Waals surface area contributed by atoms with Crippen LogP contribution in [0.5, 0.6) is 5.75 Å². The number of aliphatic hydroxyl groups excluding tert-OH is 1. The van der Waals surface area contributed by atoms with Crippen molar-refractivity contribution in [3.63, 3.8) is 0 Å². The van der Waals surface area contributed by atoms with Crippen LogP contribution in [0, 0.1) is 0 Å². The van der Waals surface area contributed by atoms with Crippen molar-refractivity contribution in [2.75, 3.05) is 6.61 Å². The Morgan fingerprint density at radius 3 is 2.57 bits per heavy atom. The second-order valence-corrected chi connectivity index (χ2v) is 6.87. The lowest BCUT2D eigenvalue weighted by Crippen LogP contribution is -2.32. The number of rotatable bonds is 7. The summed E-state index contributed by atoms with van der Waals surface area (Å²) in [7, 11) is -0.845. The van der Waals surface area contributed by atoms with E-state index in [1.54, 1.807) is 12.1 Å². The SMILES string of the molecule is C=C(CO)C1=CCB(O)OC1CC/C(=C/c1ccccc1O)c1ccccc1. The Morgan fingerprint density at radius 2 is 1.86 bits per heavy atom. The largest absolute Gasteiger partial charge is 0.507 e. The van der Waals surface area contributed by atoms with Crippen LogP contribution in [0.2, 0.25) is 6.32 Å². The zero-order valence-electron chi connectivity index (χ0n) is 15.8. The van der Waals surface area contributed by atoms with Gasteiger partial charge >= 0.3 is 7.12 Å². The lowest BCUT2D eigenvalue weighted by atomic mass is 9.78. The van der Waals surface area contributed by atoms with Gasteiger partial charge in [0.15, 0.2) is 0 Å². The highest BCUT2D eigenvalue weighted by Gasteiger charge is 2.28.